The molecule has 0 saturated heterocycles. The summed E-state index contributed by atoms with van der Waals surface area (Å²) in [6.45, 7) is 1.18. The molecule has 2 atom stereocenters. The molecule has 3 aliphatic rings. The molecular weight excluding hydrogens is 286 g/mol. The molecule has 1 aromatic rings. The van der Waals surface area contributed by atoms with Crippen molar-refractivity contribution in [1.82, 2.24) is 5.32 Å². The smallest absolute Gasteiger partial charge is 0.0175 e. The van der Waals surface area contributed by atoms with Gasteiger partial charge in [0.2, 0.25) is 0 Å². The largest absolute Gasteiger partial charge is 0.319 e. The summed E-state index contributed by atoms with van der Waals surface area (Å²) in [4.78, 5) is 0. The number of benzene rings is 1. The zero-order valence-electron chi connectivity index (χ0n) is 11.0. The van der Waals surface area contributed by atoms with E-state index in [1.165, 1.54) is 36.7 Å². The van der Waals surface area contributed by atoms with Crippen LogP contribution < -0.4 is 5.32 Å². The lowest BCUT2D eigenvalue weighted by Crippen LogP contribution is -2.42. The highest BCUT2D eigenvalue weighted by atomic mass is 79.9. The van der Waals surface area contributed by atoms with Crippen LogP contribution in [0.5, 0.6) is 0 Å². The van der Waals surface area contributed by atoms with Crippen molar-refractivity contribution in [2.75, 3.05) is 13.6 Å². The minimum absolute atomic E-state index is 0.790. The summed E-state index contributed by atoms with van der Waals surface area (Å²) in [5.41, 5.74) is 1.56. The van der Waals surface area contributed by atoms with E-state index in [9.17, 15) is 0 Å². The van der Waals surface area contributed by atoms with Crippen LogP contribution in [0.3, 0.4) is 0 Å². The topological polar surface area (TPSA) is 12.0 Å². The number of hydrogen-bond acceptors (Lipinski definition) is 1. The molecule has 1 aromatic carbocycles. The molecule has 0 heterocycles. The third-order valence-corrected chi connectivity index (χ3v) is 5.61. The molecule has 1 nitrogen and oxygen atoms in total. The summed E-state index contributed by atoms with van der Waals surface area (Å²) in [5, 5.41) is 3.42. The first kappa shape index (κ1) is 12.7. The lowest BCUT2D eigenvalue weighted by molar-refractivity contribution is 0.0687. The van der Waals surface area contributed by atoms with Crippen LogP contribution in [-0.2, 0) is 0 Å². The molecule has 98 valence electrons. The van der Waals surface area contributed by atoms with Gasteiger partial charge in [-0.05, 0) is 80.6 Å². The molecule has 2 heteroatoms. The van der Waals surface area contributed by atoms with Gasteiger partial charge in [-0.3, -0.25) is 0 Å². The number of hydrogen-bond donors (Lipinski definition) is 1. The first-order valence-corrected chi connectivity index (χ1v) is 7.99. The van der Waals surface area contributed by atoms with Crippen molar-refractivity contribution in [2.24, 2.45) is 17.8 Å². The summed E-state index contributed by atoms with van der Waals surface area (Å²) in [7, 11) is 2.10. The SMILES string of the molecule is CNC[C@@H]1C2CCC(CC2)C1c1ccc(Br)cc1. The Morgan fingerprint density at radius 3 is 2.28 bits per heavy atom. The summed E-state index contributed by atoms with van der Waals surface area (Å²) in [6.07, 6.45) is 5.82. The van der Waals surface area contributed by atoms with E-state index >= 15 is 0 Å². The Labute approximate surface area is 118 Å². The second-order valence-electron chi connectivity index (χ2n) is 5.97. The van der Waals surface area contributed by atoms with Crippen LogP contribution in [0.15, 0.2) is 28.7 Å². The van der Waals surface area contributed by atoms with E-state index in [1.807, 2.05) is 0 Å². The Hall–Kier alpha value is -0.340. The van der Waals surface area contributed by atoms with Gasteiger partial charge in [0.15, 0.2) is 0 Å². The maximum Gasteiger partial charge on any atom is 0.0175 e. The fraction of sp³-hybridized carbons (Fsp3) is 0.625. The molecule has 3 fully saturated rings. The van der Waals surface area contributed by atoms with Crippen LogP contribution in [0, 0.1) is 17.8 Å². The minimum Gasteiger partial charge on any atom is -0.319 e. The lowest BCUT2D eigenvalue weighted by Gasteiger charge is -2.49. The van der Waals surface area contributed by atoms with Gasteiger partial charge < -0.3 is 5.32 Å². The number of fused-ring (bicyclic) bond motifs is 3. The highest BCUT2D eigenvalue weighted by Gasteiger charge is 2.43. The lowest BCUT2D eigenvalue weighted by atomic mass is 9.57. The van der Waals surface area contributed by atoms with Gasteiger partial charge in [0, 0.05) is 4.47 Å². The summed E-state index contributed by atoms with van der Waals surface area (Å²) in [6, 6.07) is 9.07. The van der Waals surface area contributed by atoms with Crippen molar-refractivity contribution in [3.8, 4) is 0 Å². The molecular formula is C16H22BrN. The summed E-state index contributed by atoms with van der Waals surface area (Å²) >= 11 is 3.54. The molecule has 4 rings (SSSR count). The van der Waals surface area contributed by atoms with Crippen LogP contribution in [0.1, 0.15) is 37.2 Å². The summed E-state index contributed by atoms with van der Waals surface area (Å²) < 4.78 is 1.19. The average Bonchev–Trinajstić information content (AvgIpc) is 2.42. The molecule has 3 saturated carbocycles. The van der Waals surface area contributed by atoms with Crippen molar-refractivity contribution in [3.05, 3.63) is 34.3 Å². The second kappa shape index (κ2) is 5.34. The standard InChI is InChI=1S/C16H22BrN/c1-18-10-15-11-2-4-12(5-3-11)16(15)13-6-8-14(17)9-7-13/h6-9,11-12,15-16,18H,2-5,10H2,1H3/t11?,12?,15-,16?/m1/s1. The van der Waals surface area contributed by atoms with E-state index in [0.29, 0.717) is 0 Å². The fourth-order valence-electron chi connectivity index (χ4n) is 4.31. The van der Waals surface area contributed by atoms with E-state index in [0.717, 1.165) is 23.7 Å². The Bertz CT molecular complexity index is 392. The van der Waals surface area contributed by atoms with Gasteiger partial charge in [-0.15, -0.1) is 0 Å². The molecule has 18 heavy (non-hydrogen) atoms. The van der Waals surface area contributed by atoms with Gasteiger partial charge in [-0.2, -0.15) is 0 Å². The van der Waals surface area contributed by atoms with Crippen molar-refractivity contribution in [3.63, 3.8) is 0 Å². The Balaban J connectivity index is 1.89. The van der Waals surface area contributed by atoms with Gasteiger partial charge in [-0.1, -0.05) is 28.1 Å². The maximum atomic E-state index is 3.54. The Kier molecular flexibility index (Phi) is 3.76. The van der Waals surface area contributed by atoms with E-state index in [4.69, 9.17) is 0 Å². The maximum absolute atomic E-state index is 3.54. The van der Waals surface area contributed by atoms with E-state index < -0.39 is 0 Å². The number of rotatable bonds is 3. The van der Waals surface area contributed by atoms with Crippen molar-refractivity contribution < 1.29 is 0 Å². The molecule has 1 N–H and O–H groups in total. The van der Waals surface area contributed by atoms with Crippen LogP contribution in [0.25, 0.3) is 0 Å². The van der Waals surface area contributed by atoms with E-state index in [2.05, 4.69) is 52.6 Å². The van der Waals surface area contributed by atoms with Gasteiger partial charge in [0.1, 0.15) is 0 Å². The molecule has 0 radical (unpaired) electrons. The van der Waals surface area contributed by atoms with Crippen molar-refractivity contribution in [1.29, 1.82) is 0 Å². The van der Waals surface area contributed by atoms with Crippen LogP contribution >= 0.6 is 15.9 Å². The molecule has 0 aliphatic heterocycles. The van der Waals surface area contributed by atoms with Gasteiger partial charge in [0.25, 0.3) is 0 Å². The van der Waals surface area contributed by atoms with Crippen LogP contribution in [0.4, 0.5) is 0 Å². The molecule has 1 unspecified atom stereocenters. The summed E-state index contributed by atoms with van der Waals surface area (Å²) in [5.74, 6) is 3.52. The first-order valence-electron chi connectivity index (χ1n) is 7.19. The van der Waals surface area contributed by atoms with Gasteiger partial charge in [0.05, 0.1) is 0 Å². The normalized spacial score (nSPS) is 34.8. The fourth-order valence-corrected chi connectivity index (χ4v) is 4.57. The number of halogens is 1. The quantitative estimate of drug-likeness (QED) is 0.883. The predicted octanol–water partition coefficient (Wildman–Crippen LogP) is 4.19. The van der Waals surface area contributed by atoms with Crippen molar-refractivity contribution in [2.45, 2.75) is 31.6 Å². The first-order chi connectivity index (χ1) is 8.79. The monoisotopic (exact) mass is 307 g/mol. The minimum atomic E-state index is 0.790. The Morgan fingerprint density at radius 1 is 1.06 bits per heavy atom. The molecule has 3 aliphatic carbocycles. The highest BCUT2D eigenvalue weighted by Crippen LogP contribution is 2.53. The van der Waals surface area contributed by atoms with E-state index in [-0.39, 0.29) is 0 Å². The molecule has 0 amide bonds. The molecule has 0 aromatic heterocycles. The Morgan fingerprint density at radius 2 is 1.67 bits per heavy atom. The van der Waals surface area contributed by atoms with Crippen LogP contribution in [-0.4, -0.2) is 13.6 Å². The number of nitrogens with one attached hydrogen (secondary N) is 1. The van der Waals surface area contributed by atoms with Crippen LogP contribution in [0.2, 0.25) is 0 Å². The van der Waals surface area contributed by atoms with E-state index in [1.54, 1.807) is 5.56 Å². The van der Waals surface area contributed by atoms with Gasteiger partial charge in [-0.25, -0.2) is 0 Å². The highest BCUT2D eigenvalue weighted by molar-refractivity contribution is 9.10. The zero-order chi connectivity index (χ0) is 12.5. The second-order valence-corrected chi connectivity index (χ2v) is 6.89. The molecule has 0 spiro atoms. The zero-order valence-corrected chi connectivity index (χ0v) is 12.6. The predicted molar refractivity (Wildman–Crippen MR) is 79.7 cm³/mol. The molecule has 2 bridgehead atoms. The average molecular weight is 308 g/mol. The third-order valence-electron chi connectivity index (χ3n) is 5.09. The third kappa shape index (κ3) is 2.25. The van der Waals surface area contributed by atoms with Crippen molar-refractivity contribution >= 4 is 15.9 Å². The van der Waals surface area contributed by atoms with Gasteiger partial charge >= 0.3 is 0 Å².